The second-order valence-corrected chi connectivity index (χ2v) is 7.73. The number of carbonyl (C=O) groups excluding carboxylic acids is 3. The van der Waals surface area contributed by atoms with E-state index in [-0.39, 0.29) is 11.4 Å². The number of amides is 3. The number of carbonyl (C=O) groups is 3. The number of ether oxygens (including phenoxy) is 1. The molecule has 0 bridgehead atoms. The smallest absolute Gasteiger partial charge is 0.294 e. The lowest BCUT2D eigenvalue weighted by molar-refractivity contribution is -0.127. The third-order valence-electron chi connectivity index (χ3n) is 4.04. The molecule has 0 unspecified atom stereocenters. The fourth-order valence-electron chi connectivity index (χ4n) is 2.76. The van der Waals surface area contributed by atoms with E-state index in [9.17, 15) is 14.4 Å². The van der Waals surface area contributed by atoms with Gasteiger partial charge in [-0.15, -0.1) is 0 Å². The van der Waals surface area contributed by atoms with E-state index in [1.165, 1.54) is 0 Å². The number of halogens is 1. The normalized spacial score (nSPS) is 15.1. The van der Waals surface area contributed by atoms with Crippen molar-refractivity contribution < 1.29 is 19.1 Å². The van der Waals surface area contributed by atoms with E-state index in [1.807, 2.05) is 26.0 Å². The van der Waals surface area contributed by atoms with Crippen molar-refractivity contribution in [2.75, 3.05) is 18.5 Å². The maximum Gasteiger partial charge on any atom is 0.294 e. The van der Waals surface area contributed by atoms with Gasteiger partial charge in [0.05, 0.1) is 11.5 Å². The molecule has 1 saturated heterocycles. The first-order valence-electron chi connectivity index (χ1n) is 8.91. The highest BCUT2D eigenvalue weighted by Gasteiger charge is 2.36. The number of hydrogen-bond donors (Lipinski definition) is 1. The molecule has 2 aromatic carbocycles. The van der Waals surface area contributed by atoms with Crippen LogP contribution in [0.1, 0.15) is 18.1 Å². The predicted octanol–water partition coefficient (Wildman–Crippen LogP) is 4.72. The van der Waals surface area contributed by atoms with Gasteiger partial charge in [0.15, 0.2) is 0 Å². The summed E-state index contributed by atoms with van der Waals surface area (Å²) in [6.45, 7) is 3.84. The molecule has 0 aromatic heterocycles. The molecule has 1 aliphatic heterocycles. The number of imide groups is 1. The second-order valence-electron chi connectivity index (χ2n) is 6.30. The summed E-state index contributed by atoms with van der Waals surface area (Å²) in [5.41, 5.74) is 2.19. The largest absolute Gasteiger partial charge is 0.493 e. The Morgan fingerprint density at radius 2 is 2.03 bits per heavy atom. The van der Waals surface area contributed by atoms with E-state index in [1.54, 1.807) is 36.4 Å². The molecule has 2 aromatic rings. The van der Waals surface area contributed by atoms with Crippen LogP contribution in [0.15, 0.2) is 47.4 Å². The first-order valence-corrected chi connectivity index (χ1v) is 10.1. The van der Waals surface area contributed by atoms with Crippen molar-refractivity contribution in [2.24, 2.45) is 0 Å². The Kier molecular flexibility index (Phi) is 6.61. The van der Waals surface area contributed by atoms with Crippen molar-refractivity contribution in [1.82, 2.24) is 4.90 Å². The van der Waals surface area contributed by atoms with Crippen LogP contribution in [0.4, 0.5) is 10.5 Å². The third kappa shape index (κ3) is 5.19. The molecule has 0 spiro atoms. The number of nitrogens with one attached hydrogen (secondary N) is 1. The van der Waals surface area contributed by atoms with Crippen LogP contribution in [0.25, 0.3) is 6.08 Å². The van der Waals surface area contributed by atoms with Gasteiger partial charge < -0.3 is 10.1 Å². The Balaban J connectivity index is 1.75. The summed E-state index contributed by atoms with van der Waals surface area (Å²) < 4.78 is 5.55. The highest BCUT2D eigenvalue weighted by atomic mass is 35.5. The van der Waals surface area contributed by atoms with Gasteiger partial charge in [-0.2, -0.15) is 0 Å². The van der Waals surface area contributed by atoms with E-state index in [2.05, 4.69) is 5.32 Å². The first-order chi connectivity index (χ1) is 13.9. The molecule has 29 heavy (non-hydrogen) atoms. The second kappa shape index (κ2) is 9.15. The van der Waals surface area contributed by atoms with E-state index in [0.717, 1.165) is 22.2 Å². The zero-order chi connectivity index (χ0) is 21.0. The van der Waals surface area contributed by atoms with Crippen molar-refractivity contribution in [1.29, 1.82) is 0 Å². The van der Waals surface area contributed by atoms with Gasteiger partial charge in [-0.3, -0.25) is 19.3 Å². The van der Waals surface area contributed by atoms with Crippen LogP contribution in [0, 0.1) is 6.92 Å². The molecule has 0 aliphatic carbocycles. The Labute approximate surface area is 177 Å². The molecule has 1 aliphatic rings. The maximum absolute atomic E-state index is 12.7. The molecule has 1 heterocycles. The van der Waals surface area contributed by atoms with Crippen LogP contribution in [-0.4, -0.2) is 35.1 Å². The summed E-state index contributed by atoms with van der Waals surface area (Å²) >= 11 is 6.83. The predicted molar refractivity (Wildman–Crippen MR) is 115 cm³/mol. The fourth-order valence-corrected chi connectivity index (χ4v) is 3.77. The minimum absolute atomic E-state index is 0.210. The van der Waals surface area contributed by atoms with Crippen molar-refractivity contribution >= 4 is 52.2 Å². The van der Waals surface area contributed by atoms with Gasteiger partial charge in [0.25, 0.3) is 11.1 Å². The molecule has 1 N–H and O–H groups in total. The van der Waals surface area contributed by atoms with E-state index >= 15 is 0 Å². The molecule has 8 heteroatoms. The van der Waals surface area contributed by atoms with Gasteiger partial charge in [-0.1, -0.05) is 23.7 Å². The minimum Gasteiger partial charge on any atom is -0.493 e. The van der Waals surface area contributed by atoms with Crippen molar-refractivity contribution in [3.8, 4) is 5.75 Å². The van der Waals surface area contributed by atoms with Crippen LogP contribution in [0.5, 0.6) is 5.75 Å². The summed E-state index contributed by atoms with van der Waals surface area (Å²) in [5, 5.41) is 2.68. The highest BCUT2D eigenvalue weighted by molar-refractivity contribution is 8.18. The van der Waals surface area contributed by atoms with Crippen molar-refractivity contribution in [3.63, 3.8) is 0 Å². The quantitative estimate of drug-likeness (QED) is 0.671. The van der Waals surface area contributed by atoms with Gasteiger partial charge in [0, 0.05) is 16.3 Å². The summed E-state index contributed by atoms with van der Waals surface area (Å²) in [7, 11) is 0. The summed E-state index contributed by atoms with van der Waals surface area (Å²) in [5.74, 6) is -0.417. The number of thioether (sulfide) groups is 1. The summed E-state index contributed by atoms with van der Waals surface area (Å²) in [4.78, 5) is 38.4. The SMILES string of the molecule is CCOc1ccc(Cl)cc1/C=C1\SC(=O)N(CC(=O)Nc2cccc(C)c2)C1=O. The molecule has 3 rings (SSSR count). The fraction of sp³-hybridized carbons (Fsp3) is 0.190. The molecule has 6 nitrogen and oxygen atoms in total. The Hall–Kier alpha value is -2.77. The van der Waals surface area contributed by atoms with Gasteiger partial charge in [0.1, 0.15) is 12.3 Å². The minimum atomic E-state index is -0.526. The molecule has 0 saturated carbocycles. The molecule has 1 fully saturated rings. The number of hydrogen-bond acceptors (Lipinski definition) is 5. The number of rotatable bonds is 6. The molecule has 0 radical (unpaired) electrons. The Bertz CT molecular complexity index is 1010. The van der Waals surface area contributed by atoms with Gasteiger partial charge in [0.2, 0.25) is 5.91 Å². The average molecular weight is 431 g/mol. The number of nitrogens with zero attached hydrogens (tertiary/aromatic N) is 1. The lowest BCUT2D eigenvalue weighted by Crippen LogP contribution is -2.36. The first kappa shape index (κ1) is 21.0. The topological polar surface area (TPSA) is 75.7 Å². The summed E-state index contributed by atoms with van der Waals surface area (Å²) in [6.07, 6.45) is 1.56. The monoisotopic (exact) mass is 430 g/mol. The van der Waals surface area contributed by atoms with Crippen LogP contribution < -0.4 is 10.1 Å². The molecule has 0 atom stereocenters. The molecular formula is C21H19ClN2O4S. The standard InChI is InChI=1S/C21H19ClN2O4S/c1-3-28-17-8-7-15(22)10-14(17)11-18-20(26)24(21(27)29-18)12-19(25)23-16-6-4-5-13(2)9-16/h4-11H,3,12H2,1-2H3,(H,23,25)/b18-11-. The lowest BCUT2D eigenvalue weighted by atomic mass is 10.2. The zero-order valence-corrected chi connectivity index (χ0v) is 17.5. The molecule has 3 amide bonds. The number of anilines is 1. The number of aryl methyl sites for hydroxylation is 1. The zero-order valence-electron chi connectivity index (χ0n) is 15.9. The average Bonchev–Trinajstić information content (AvgIpc) is 2.91. The van der Waals surface area contributed by atoms with Gasteiger partial charge in [-0.25, -0.2) is 0 Å². The van der Waals surface area contributed by atoms with E-state index in [0.29, 0.717) is 28.6 Å². The van der Waals surface area contributed by atoms with Crippen molar-refractivity contribution in [2.45, 2.75) is 13.8 Å². The highest BCUT2D eigenvalue weighted by Crippen LogP contribution is 2.34. The van der Waals surface area contributed by atoms with Crippen LogP contribution in [-0.2, 0) is 9.59 Å². The summed E-state index contributed by atoms with van der Waals surface area (Å²) in [6, 6.07) is 12.3. The molecule has 150 valence electrons. The van der Waals surface area contributed by atoms with Gasteiger partial charge in [-0.05, 0) is 67.6 Å². The Morgan fingerprint density at radius 1 is 1.24 bits per heavy atom. The van der Waals surface area contributed by atoms with Gasteiger partial charge >= 0.3 is 0 Å². The Morgan fingerprint density at radius 3 is 2.76 bits per heavy atom. The van der Waals surface area contributed by atoms with Crippen LogP contribution in [0.3, 0.4) is 0 Å². The lowest BCUT2D eigenvalue weighted by Gasteiger charge is -2.12. The maximum atomic E-state index is 12.7. The number of benzene rings is 2. The third-order valence-corrected chi connectivity index (χ3v) is 5.18. The van der Waals surface area contributed by atoms with Crippen molar-refractivity contribution in [3.05, 3.63) is 63.5 Å². The molecular weight excluding hydrogens is 412 g/mol. The van der Waals surface area contributed by atoms with Crippen LogP contribution >= 0.6 is 23.4 Å². The van der Waals surface area contributed by atoms with E-state index in [4.69, 9.17) is 16.3 Å². The van der Waals surface area contributed by atoms with E-state index < -0.39 is 17.1 Å². The van der Waals surface area contributed by atoms with Crippen LogP contribution in [0.2, 0.25) is 5.02 Å².